The Bertz CT molecular complexity index is 204. The Morgan fingerprint density at radius 1 is 1.23 bits per heavy atom. The summed E-state index contributed by atoms with van der Waals surface area (Å²) >= 11 is 0. The monoisotopic (exact) mass is 199 g/mol. The molecule has 3 N–H and O–H groups in total. The summed E-state index contributed by atoms with van der Waals surface area (Å²) in [5.74, 6) is -2.97. The number of halogens is 3. The molecule has 2 amide bonds. The van der Waals surface area contributed by atoms with Gasteiger partial charge in [0, 0.05) is 0 Å². The summed E-state index contributed by atoms with van der Waals surface area (Å²) in [5.41, 5.74) is 2.77. The molecule has 0 aliphatic heterocycles. The summed E-state index contributed by atoms with van der Waals surface area (Å²) in [6, 6.07) is 0. The van der Waals surface area contributed by atoms with Crippen LogP contribution in [0.1, 0.15) is 0 Å². The summed E-state index contributed by atoms with van der Waals surface area (Å²) in [7, 11) is 1.44. The van der Waals surface area contributed by atoms with Crippen LogP contribution in [0, 0.1) is 0 Å². The molecule has 0 heterocycles. The van der Waals surface area contributed by atoms with Gasteiger partial charge in [-0.2, -0.15) is 13.2 Å². The number of nitrogens with one attached hydrogen (secondary N) is 3. The molecule has 0 spiro atoms. The van der Waals surface area contributed by atoms with Gasteiger partial charge in [-0.15, -0.1) is 0 Å². The first-order valence-electron chi connectivity index (χ1n) is 3.18. The number of rotatable bonds is 2. The number of hydrogen-bond donors (Lipinski definition) is 3. The van der Waals surface area contributed by atoms with Gasteiger partial charge in [0.2, 0.25) is 0 Å². The molecule has 13 heavy (non-hydrogen) atoms. The fourth-order valence-electron chi connectivity index (χ4n) is 0.402. The normalized spacial score (nSPS) is 10.8. The summed E-state index contributed by atoms with van der Waals surface area (Å²) in [6.45, 7) is -0.182. The van der Waals surface area contributed by atoms with Gasteiger partial charge in [-0.1, -0.05) is 0 Å². The number of carbonyl (C=O) groups excluding carboxylic acids is 2. The minimum Gasteiger partial charge on any atom is -0.311 e. The van der Waals surface area contributed by atoms with E-state index < -0.39 is 18.0 Å². The molecule has 0 atom stereocenters. The average Bonchev–Trinajstić information content (AvgIpc) is 1.99. The summed E-state index contributed by atoms with van der Waals surface area (Å²) < 4.78 is 34.5. The molecule has 0 aromatic rings. The molecule has 0 bridgehead atoms. The van der Waals surface area contributed by atoms with Crippen molar-refractivity contribution < 1.29 is 22.8 Å². The number of carbonyl (C=O) groups is 2. The van der Waals surface area contributed by atoms with Gasteiger partial charge in [0.05, 0.1) is 6.54 Å². The van der Waals surface area contributed by atoms with Crippen LogP contribution >= 0.6 is 0 Å². The van der Waals surface area contributed by atoms with E-state index in [9.17, 15) is 22.8 Å². The second-order valence-corrected chi connectivity index (χ2v) is 2.03. The van der Waals surface area contributed by atoms with Crippen LogP contribution in [0.3, 0.4) is 0 Å². The number of amides is 2. The Morgan fingerprint density at radius 3 is 2.15 bits per heavy atom. The van der Waals surface area contributed by atoms with Crippen LogP contribution in [0.15, 0.2) is 0 Å². The third-order valence-corrected chi connectivity index (χ3v) is 0.910. The number of hydrogen-bond acceptors (Lipinski definition) is 3. The maximum absolute atomic E-state index is 11.5. The van der Waals surface area contributed by atoms with Crippen LogP contribution in [-0.4, -0.2) is 31.6 Å². The highest BCUT2D eigenvalue weighted by Gasteiger charge is 2.38. The Balaban J connectivity index is 3.77. The van der Waals surface area contributed by atoms with Crippen molar-refractivity contribution in [2.24, 2.45) is 0 Å². The maximum Gasteiger partial charge on any atom is 0.472 e. The molecular formula is C5H8F3N3O2. The van der Waals surface area contributed by atoms with Gasteiger partial charge in [-0.05, 0) is 7.05 Å². The first-order chi connectivity index (χ1) is 5.88. The highest BCUT2D eigenvalue weighted by atomic mass is 19.4. The van der Waals surface area contributed by atoms with Gasteiger partial charge in [0.15, 0.2) is 0 Å². The molecule has 0 aliphatic rings. The first kappa shape index (κ1) is 11.7. The van der Waals surface area contributed by atoms with E-state index in [0.29, 0.717) is 0 Å². The van der Waals surface area contributed by atoms with Crippen molar-refractivity contribution in [2.75, 3.05) is 13.6 Å². The Kier molecular flexibility index (Phi) is 4.18. The van der Waals surface area contributed by atoms with E-state index in [2.05, 4.69) is 5.32 Å². The zero-order valence-corrected chi connectivity index (χ0v) is 6.66. The Labute approximate surface area is 71.6 Å². The zero-order valence-electron chi connectivity index (χ0n) is 6.66. The summed E-state index contributed by atoms with van der Waals surface area (Å²) in [6.07, 6.45) is -4.99. The lowest BCUT2D eigenvalue weighted by Crippen LogP contribution is -2.49. The molecule has 0 radical (unpaired) electrons. The van der Waals surface area contributed by atoms with Crippen molar-refractivity contribution >= 4 is 11.8 Å². The van der Waals surface area contributed by atoms with Gasteiger partial charge in [-0.25, -0.2) is 0 Å². The number of alkyl halides is 3. The maximum atomic E-state index is 11.5. The molecule has 0 fully saturated rings. The molecule has 8 heteroatoms. The minimum atomic E-state index is -4.99. The van der Waals surface area contributed by atoms with Crippen LogP contribution in [0.4, 0.5) is 13.2 Å². The summed E-state index contributed by atoms with van der Waals surface area (Å²) in [4.78, 5) is 20.6. The van der Waals surface area contributed by atoms with Crippen molar-refractivity contribution in [2.45, 2.75) is 6.18 Å². The van der Waals surface area contributed by atoms with E-state index in [1.807, 2.05) is 0 Å². The van der Waals surface area contributed by atoms with Crippen molar-refractivity contribution in [1.29, 1.82) is 0 Å². The highest BCUT2D eigenvalue weighted by Crippen LogP contribution is 2.13. The van der Waals surface area contributed by atoms with Crippen LogP contribution in [0.5, 0.6) is 0 Å². The van der Waals surface area contributed by atoms with Gasteiger partial charge in [0.1, 0.15) is 0 Å². The van der Waals surface area contributed by atoms with Gasteiger partial charge >= 0.3 is 12.1 Å². The quantitative estimate of drug-likeness (QED) is 0.495. The second-order valence-electron chi connectivity index (χ2n) is 2.03. The Morgan fingerprint density at radius 2 is 1.77 bits per heavy atom. The third kappa shape index (κ3) is 5.01. The molecule has 5 nitrogen and oxygen atoms in total. The molecule has 76 valence electrons. The standard InChI is InChI=1S/C5H8F3N3O2/c1-9-2-3(12)10-11-4(13)5(6,7)8/h9H,2H2,1H3,(H,10,12)(H,11,13). The van der Waals surface area contributed by atoms with Crippen molar-refractivity contribution in [1.82, 2.24) is 16.2 Å². The topological polar surface area (TPSA) is 70.2 Å². The average molecular weight is 199 g/mol. The first-order valence-corrected chi connectivity index (χ1v) is 3.18. The van der Waals surface area contributed by atoms with Crippen molar-refractivity contribution in [3.8, 4) is 0 Å². The number of likely N-dealkylation sites (N-methyl/N-ethyl adjacent to an activating group) is 1. The zero-order chi connectivity index (χ0) is 10.5. The Hall–Kier alpha value is -1.31. The highest BCUT2D eigenvalue weighted by molar-refractivity contribution is 5.85. The predicted molar refractivity (Wildman–Crippen MR) is 36.3 cm³/mol. The van der Waals surface area contributed by atoms with E-state index in [1.54, 1.807) is 5.43 Å². The molecule has 0 saturated heterocycles. The van der Waals surface area contributed by atoms with Crippen molar-refractivity contribution in [3.05, 3.63) is 0 Å². The van der Waals surface area contributed by atoms with Crippen LogP contribution in [-0.2, 0) is 9.59 Å². The van der Waals surface area contributed by atoms with Crippen LogP contribution < -0.4 is 16.2 Å². The SMILES string of the molecule is CNCC(=O)NNC(=O)C(F)(F)F. The molecule has 0 aromatic heterocycles. The largest absolute Gasteiger partial charge is 0.472 e. The van der Waals surface area contributed by atoms with Crippen LogP contribution in [0.2, 0.25) is 0 Å². The molecule has 0 unspecified atom stereocenters. The fourth-order valence-corrected chi connectivity index (χ4v) is 0.402. The van der Waals surface area contributed by atoms with E-state index >= 15 is 0 Å². The van der Waals surface area contributed by atoms with Gasteiger partial charge in [-0.3, -0.25) is 20.4 Å². The lowest BCUT2D eigenvalue weighted by atomic mass is 10.6. The van der Waals surface area contributed by atoms with Gasteiger partial charge < -0.3 is 5.32 Å². The molecule has 0 saturated carbocycles. The van der Waals surface area contributed by atoms with E-state index in [-0.39, 0.29) is 6.54 Å². The number of hydrazine groups is 1. The lowest BCUT2D eigenvalue weighted by molar-refractivity contribution is -0.175. The molecular weight excluding hydrogens is 191 g/mol. The van der Waals surface area contributed by atoms with Crippen molar-refractivity contribution in [3.63, 3.8) is 0 Å². The lowest BCUT2D eigenvalue weighted by Gasteiger charge is -2.08. The molecule has 0 rings (SSSR count). The molecule has 0 aliphatic carbocycles. The predicted octanol–water partition coefficient (Wildman–Crippen LogP) is -1.08. The molecule has 0 aromatic carbocycles. The van der Waals surface area contributed by atoms with Gasteiger partial charge in [0.25, 0.3) is 5.91 Å². The summed E-state index contributed by atoms with van der Waals surface area (Å²) in [5, 5.41) is 2.39. The van der Waals surface area contributed by atoms with Crippen LogP contribution in [0.25, 0.3) is 0 Å². The third-order valence-electron chi connectivity index (χ3n) is 0.910. The minimum absolute atomic E-state index is 0.182. The van der Waals surface area contributed by atoms with E-state index in [0.717, 1.165) is 0 Å². The van der Waals surface area contributed by atoms with E-state index in [4.69, 9.17) is 0 Å². The smallest absolute Gasteiger partial charge is 0.311 e. The second kappa shape index (κ2) is 4.65. The van der Waals surface area contributed by atoms with E-state index in [1.165, 1.54) is 12.5 Å². The fraction of sp³-hybridized carbons (Fsp3) is 0.600.